The van der Waals surface area contributed by atoms with Crippen LogP contribution in [0.2, 0.25) is 5.15 Å². The summed E-state index contributed by atoms with van der Waals surface area (Å²) in [5, 5.41) is 5.97. The maximum Gasteiger partial charge on any atom is 0.407 e. The Labute approximate surface area is 353 Å². The number of hydrogen-bond donors (Lipinski definition) is 4. The summed E-state index contributed by atoms with van der Waals surface area (Å²) in [6, 6.07) is 14.7. The molecule has 0 bridgehead atoms. The number of methoxy groups -OCH3 is 2. The van der Waals surface area contributed by atoms with Crippen molar-refractivity contribution in [3.63, 3.8) is 0 Å². The second kappa shape index (κ2) is 16.2. The topological polar surface area (TPSA) is 184 Å². The lowest BCUT2D eigenvalue weighted by molar-refractivity contribution is -0.138. The van der Waals surface area contributed by atoms with E-state index in [1.165, 1.54) is 14.2 Å². The van der Waals surface area contributed by atoms with Crippen molar-refractivity contribution in [2.45, 2.75) is 88.6 Å². The van der Waals surface area contributed by atoms with Crippen molar-refractivity contribution < 1.29 is 33.4 Å². The molecule has 5 aliphatic rings. The van der Waals surface area contributed by atoms with Crippen LogP contribution < -0.4 is 10.6 Å². The van der Waals surface area contributed by atoms with Gasteiger partial charge >= 0.3 is 12.2 Å². The van der Waals surface area contributed by atoms with Gasteiger partial charge in [0.1, 0.15) is 34.6 Å². The summed E-state index contributed by atoms with van der Waals surface area (Å²) in [5.74, 6) is 1.83. The van der Waals surface area contributed by atoms with Crippen LogP contribution in [0, 0.1) is 23.7 Å². The van der Waals surface area contributed by atoms with Gasteiger partial charge < -0.3 is 44.6 Å². The molecule has 0 spiro atoms. The summed E-state index contributed by atoms with van der Waals surface area (Å²) in [7, 11) is 2.60. The highest BCUT2D eigenvalue weighted by Crippen LogP contribution is 2.55. The van der Waals surface area contributed by atoms with E-state index in [-0.39, 0.29) is 47.8 Å². The van der Waals surface area contributed by atoms with Gasteiger partial charge in [-0.05, 0) is 78.9 Å². The lowest BCUT2D eigenvalue weighted by atomic mass is 9.90. The molecular formula is C44H51ClN8O7. The molecule has 4 aromatic rings. The predicted molar refractivity (Wildman–Crippen MR) is 221 cm³/mol. The van der Waals surface area contributed by atoms with Crippen LogP contribution in [0.3, 0.4) is 0 Å². The molecule has 0 unspecified atom stereocenters. The smallest absolute Gasteiger partial charge is 0.407 e. The molecule has 2 saturated carbocycles. The minimum Gasteiger partial charge on any atom is -0.453 e. The van der Waals surface area contributed by atoms with Gasteiger partial charge in [-0.2, -0.15) is 0 Å². The Morgan fingerprint density at radius 3 is 1.90 bits per heavy atom. The second-order valence-corrected chi connectivity index (χ2v) is 17.5. The average Bonchev–Trinajstić information content (AvgIpc) is 3.91. The number of H-pyrrole nitrogens is 2. The molecule has 0 radical (unpaired) electrons. The number of halogens is 1. The molecule has 5 heterocycles. The van der Waals surface area contributed by atoms with Crippen LogP contribution >= 0.6 is 11.6 Å². The number of imidazole rings is 2. The van der Waals surface area contributed by atoms with Crippen LogP contribution in [0.4, 0.5) is 9.59 Å². The van der Waals surface area contributed by atoms with E-state index in [1.807, 2.05) is 66.2 Å². The Hall–Kier alpha value is -5.41. The average molecular weight is 839 g/mol. The Kier molecular flexibility index (Phi) is 10.8. The monoisotopic (exact) mass is 838 g/mol. The first-order chi connectivity index (χ1) is 29.0. The molecule has 15 nitrogen and oxygen atoms in total. The molecule has 3 saturated heterocycles. The molecule has 2 aromatic carbocycles. The zero-order valence-electron chi connectivity index (χ0n) is 34.2. The lowest BCUT2D eigenvalue weighted by Gasteiger charge is -2.35. The van der Waals surface area contributed by atoms with Crippen LogP contribution in [0.1, 0.15) is 76.1 Å². The van der Waals surface area contributed by atoms with Crippen LogP contribution in [-0.2, 0) is 23.8 Å². The van der Waals surface area contributed by atoms with Crippen LogP contribution in [0.15, 0.2) is 54.7 Å². The lowest BCUT2D eigenvalue weighted by Crippen LogP contribution is -2.54. The SMILES string of the molecule is COC(=O)N[C@H](C(=O)N1[C@@H]2C[C@@H]2C[C@H]1c1ncc(-c2ccc(-c3ccc(-c4nc([C@@H]5C[C@H]6C[C@H]6N5C(=O)[C@@H](NC(=O)OC)C5CCOCC5)[nH]c4Cl)cc3)cc2)[nH]1)C(C)C. The quantitative estimate of drug-likeness (QED) is 0.129. The molecule has 4 amide bonds. The van der Waals surface area contributed by atoms with Crippen molar-refractivity contribution in [2.24, 2.45) is 23.7 Å². The van der Waals surface area contributed by atoms with Gasteiger partial charge in [-0.25, -0.2) is 19.6 Å². The van der Waals surface area contributed by atoms with Gasteiger partial charge in [-0.15, -0.1) is 0 Å². The van der Waals surface area contributed by atoms with Gasteiger partial charge in [0.15, 0.2) is 0 Å². The first kappa shape index (κ1) is 40.0. The van der Waals surface area contributed by atoms with Gasteiger partial charge in [0.2, 0.25) is 11.8 Å². The fraction of sp³-hybridized carbons (Fsp3) is 0.500. The number of rotatable bonds is 11. The minimum atomic E-state index is -0.709. The number of piperidine rings is 2. The highest BCUT2D eigenvalue weighted by molar-refractivity contribution is 6.32. The minimum absolute atomic E-state index is 0.0486. The number of fused-ring (bicyclic) bond motifs is 2. The number of benzene rings is 2. The van der Waals surface area contributed by atoms with Gasteiger partial charge in [-0.1, -0.05) is 74.0 Å². The molecule has 2 aliphatic carbocycles. The molecule has 3 aliphatic heterocycles. The molecule has 4 N–H and O–H groups in total. The predicted octanol–water partition coefficient (Wildman–Crippen LogP) is 6.64. The summed E-state index contributed by atoms with van der Waals surface area (Å²) < 4.78 is 15.2. The van der Waals surface area contributed by atoms with Crippen LogP contribution in [-0.4, -0.2) is 105 Å². The molecule has 60 heavy (non-hydrogen) atoms. The zero-order chi connectivity index (χ0) is 41.8. The largest absolute Gasteiger partial charge is 0.453 e. The first-order valence-corrected chi connectivity index (χ1v) is 21.3. The van der Waals surface area contributed by atoms with Gasteiger partial charge in [0.05, 0.1) is 38.2 Å². The maximum absolute atomic E-state index is 14.2. The number of aromatic amines is 2. The molecule has 9 rings (SSSR count). The number of nitrogens with zero attached hydrogens (tertiary/aromatic N) is 4. The normalized spacial score (nSPS) is 25.3. The van der Waals surface area contributed by atoms with E-state index in [0.29, 0.717) is 54.6 Å². The summed E-state index contributed by atoms with van der Waals surface area (Å²) in [4.78, 5) is 72.7. The molecule has 316 valence electrons. The Bertz CT molecular complexity index is 2250. The number of aromatic nitrogens is 4. The number of ether oxygens (including phenoxy) is 3. The van der Waals surface area contributed by atoms with E-state index in [1.54, 1.807) is 0 Å². The van der Waals surface area contributed by atoms with Crippen molar-refractivity contribution in [3.05, 3.63) is 71.5 Å². The Morgan fingerprint density at radius 1 is 0.750 bits per heavy atom. The fourth-order valence-electron chi connectivity index (χ4n) is 9.71. The van der Waals surface area contributed by atoms with E-state index in [0.717, 1.165) is 59.5 Å². The first-order valence-electron chi connectivity index (χ1n) is 21.0. The highest BCUT2D eigenvalue weighted by atomic mass is 35.5. The van der Waals surface area contributed by atoms with Crippen molar-refractivity contribution >= 4 is 35.6 Å². The Balaban J connectivity index is 0.877. The third-order valence-electron chi connectivity index (χ3n) is 13.2. The van der Waals surface area contributed by atoms with E-state index >= 15 is 0 Å². The van der Waals surface area contributed by atoms with Gasteiger partial charge in [0.25, 0.3) is 0 Å². The number of nitrogens with one attached hydrogen (secondary N) is 4. The summed E-state index contributed by atoms with van der Waals surface area (Å²) in [6.45, 7) is 4.93. The summed E-state index contributed by atoms with van der Waals surface area (Å²) in [5.41, 5.74) is 5.34. The van der Waals surface area contributed by atoms with E-state index in [2.05, 4.69) is 32.7 Å². The zero-order valence-corrected chi connectivity index (χ0v) is 34.9. The molecular weight excluding hydrogens is 788 g/mol. The maximum atomic E-state index is 14.2. The van der Waals surface area contributed by atoms with E-state index in [9.17, 15) is 19.2 Å². The van der Waals surface area contributed by atoms with Crippen LogP contribution in [0.5, 0.6) is 0 Å². The fourth-order valence-corrected chi connectivity index (χ4v) is 9.95. The van der Waals surface area contributed by atoms with Crippen molar-refractivity contribution in [1.82, 2.24) is 40.4 Å². The standard InChI is InChI=1S/C44H51ClN8O7/c1-22(2)35(49-43(56)58-3)41(54)52-31-17-28(31)19-33(52)39-46-21-30(47-39)25-9-5-23(6-10-25)24-7-11-26(12-8-24)36-38(45)51-40(48-36)34-20-29-18-32(29)53(34)42(55)37(50-44(57)59-4)27-13-15-60-16-14-27/h5-12,21-22,27-29,31-35,37H,13-20H2,1-4H3,(H,46,47)(H,48,51)(H,49,56)(H,50,57)/t28-,29-,31-,32-,33+,34+,35+,37+/m1/s1. The third kappa shape index (κ3) is 7.61. The van der Waals surface area contributed by atoms with Gasteiger partial charge in [0, 0.05) is 30.9 Å². The summed E-state index contributed by atoms with van der Waals surface area (Å²) >= 11 is 6.81. The number of hydrogen-bond acceptors (Lipinski definition) is 9. The third-order valence-corrected chi connectivity index (χ3v) is 13.4. The number of alkyl carbamates (subject to hydrolysis) is 2. The van der Waals surface area contributed by atoms with Crippen molar-refractivity contribution in [1.29, 1.82) is 0 Å². The number of carbonyl (C=O) groups excluding carboxylic acids is 4. The van der Waals surface area contributed by atoms with E-state index < -0.39 is 24.3 Å². The molecule has 5 fully saturated rings. The van der Waals surface area contributed by atoms with Gasteiger partial charge in [-0.3, -0.25) is 9.59 Å². The Morgan fingerprint density at radius 2 is 1.30 bits per heavy atom. The number of likely N-dealkylation sites (tertiary alicyclic amines) is 2. The van der Waals surface area contributed by atoms with Crippen LogP contribution in [0.25, 0.3) is 33.6 Å². The molecule has 8 atom stereocenters. The molecule has 2 aromatic heterocycles. The number of carbonyl (C=O) groups is 4. The highest BCUT2D eigenvalue weighted by Gasteiger charge is 2.58. The summed E-state index contributed by atoms with van der Waals surface area (Å²) in [6.07, 6.45) is 5.45. The van der Waals surface area contributed by atoms with Crippen molar-refractivity contribution in [3.8, 4) is 33.6 Å². The molecule has 16 heteroatoms. The number of amides is 4. The van der Waals surface area contributed by atoms with E-state index in [4.69, 9.17) is 35.8 Å². The van der Waals surface area contributed by atoms with Crippen molar-refractivity contribution in [2.75, 3.05) is 27.4 Å². The second-order valence-electron chi connectivity index (χ2n) is 17.2.